The number of hydrogen-bond donors (Lipinski definition) is 3. The number of hydrogen-bond acceptors (Lipinski definition) is 4. The molecule has 1 aromatic heterocycles. The highest BCUT2D eigenvalue weighted by Crippen LogP contribution is 2.19. The van der Waals surface area contributed by atoms with Crippen LogP contribution in [0, 0.1) is 6.92 Å². The second kappa shape index (κ2) is 9.65. The molecule has 0 fully saturated rings. The lowest BCUT2D eigenvalue weighted by atomic mass is 10.2. The Bertz CT molecular complexity index is 1070. The predicted molar refractivity (Wildman–Crippen MR) is 113 cm³/mol. The molecule has 8 heteroatoms. The molecule has 1 heterocycles. The Hall–Kier alpha value is -2.74. The van der Waals surface area contributed by atoms with Gasteiger partial charge in [-0.15, -0.1) is 0 Å². The van der Waals surface area contributed by atoms with Crippen molar-refractivity contribution in [1.82, 2.24) is 9.97 Å². The molecule has 2 aromatic carbocycles. The van der Waals surface area contributed by atoms with E-state index in [1.165, 1.54) is 0 Å². The molecule has 0 aliphatic rings. The number of aryl methyl sites for hydroxylation is 1. The van der Waals surface area contributed by atoms with E-state index < -0.39 is 0 Å². The van der Waals surface area contributed by atoms with Gasteiger partial charge in [-0.25, -0.2) is 4.98 Å². The average molecular weight is 416 g/mol. The van der Waals surface area contributed by atoms with Crippen LogP contribution in [0.25, 0.3) is 10.9 Å². The molecule has 1 atom stereocenters. The van der Waals surface area contributed by atoms with Gasteiger partial charge in [-0.1, -0.05) is 29.8 Å². The van der Waals surface area contributed by atoms with E-state index in [0.717, 1.165) is 10.5 Å². The Morgan fingerprint density at radius 2 is 2.07 bits per heavy atom. The first-order valence-corrected chi connectivity index (χ1v) is 9.70. The molecule has 3 rings (SSSR count). The number of benzene rings is 2. The number of amides is 1. The number of H-pyrrole nitrogens is 1. The first-order valence-electron chi connectivity index (χ1n) is 9.32. The average Bonchev–Trinajstić information content (AvgIpc) is 2.69. The van der Waals surface area contributed by atoms with Crippen molar-refractivity contribution in [2.75, 3.05) is 32.1 Å². The molecule has 0 saturated carbocycles. The number of nitrogens with zero attached hydrogens (tertiary/aromatic N) is 1. The van der Waals surface area contributed by atoms with Gasteiger partial charge in [0.05, 0.1) is 17.5 Å². The number of fused-ring (bicyclic) bond motifs is 1. The van der Waals surface area contributed by atoms with Crippen LogP contribution in [-0.2, 0) is 16.1 Å². The second-order valence-electron chi connectivity index (χ2n) is 6.89. The van der Waals surface area contributed by atoms with Crippen LogP contribution < -0.4 is 15.8 Å². The van der Waals surface area contributed by atoms with E-state index in [2.05, 4.69) is 15.3 Å². The van der Waals surface area contributed by atoms with E-state index in [4.69, 9.17) is 16.3 Å². The lowest BCUT2D eigenvalue weighted by molar-refractivity contribution is -0.906. The molecule has 0 spiro atoms. The number of carbonyl (C=O) groups is 1. The standard InChI is InChI=1S/C21H23ClN4O3/c1-14-7-8-15(11-17(14)22)23-20(27)13-26(9-10-29-2)12-19-24-18-6-4-3-5-16(18)21(28)25-19/h3-8,11H,9-10,12-13H2,1-2H3,(H,23,27)(H,24,25,28)/p+1. The summed E-state index contributed by atoms with van der Waals surface area (Å²) >= 11 is 6.13. The number of para-hydroxylation sites is 1. The van der Waals surface area contributed by atoms with Gasteiger partial charge in [0.25, 0.3) is 11.5 Å². The lowest BCUT2D eigenvalue weighted by Crippen LogP contribution is -3.12. The lowest BCUT2D eigenvalue weighted by Gasteiger charge is -2.18. The molecule has 0 saturated heterocycles. The van der Waals surface area contributed by atoms with E-state index in [0.29, 0.717) is 47.1 Å². The third kappa shape index (κ3) is 5.63. The monoisotopic (exact) mass is 415 g/mol. The zero-order chi connectivity index (χ0) is 20.8. The Morgan fingerprint density at radius 1 is 1.28 bits per heavy atom. The highest BCUT2D eigenvalue weighted by molar-refractivity contribution is 6.31. The molecule has 3 aromatic rings. The van der Waals surface area contributed by atoms with Crippen molar-refractivity contribution in [3.05, 3.63) is 69.2 Å². The van der Waals surface area contributed by atoms with Crippen LogP contribution in [0.1, 0.15) is 11.4 Å². The normalized spacial score (nSPS) is 12.1. The zero-order valence-corrected chi connectivity index (χ0v) is 17.2. The molecular weight excluding hydrogens is 392 g/mol. The summed E-state index contributed by atoms with van der Waals surface area (Å²) in [4.78, 5) is 33.1. The fourth-order valence-electron chi connectivity index (χ4n) is 3.04. The van der Waals surface area contributed by atoms with Crippen molar-refractivity contribution in [3.63, 3.8) is 0 Å². The minimum atomic E-state index is -0.185. The molecule has 0 aliphatic carbocycles. The molecule has 0 bridgehead atoms. The number of methoxy groups -OCH3 is 1. The summed E-state index contributed by atoms with van der Waals surface area (Å²) in [5, 5.41) is 4.01. The minimum Gasteiger partial charge on any atom is -0.379 e. The van der Waals surface area contributed by atoms with Crippen LogP contribution in [0.4, 0.5) is 5.69 Å². The third-order valence-electron chi connectivity index (χ3n) is 4.61. The van der Waals surface area contributed by atoms with E-state index >= 15 is 0 Å². The number of nitrogens with one attached hydrogen (secondary N) is 3. The minimum absolute atomic E-state index is 0.154. The molecular formula is C21H24ClN4O3+. The Balaban J connectivity index is 1.73. The molecule has 1 unspecified atom stereocenters. The van der Waals surface area contributed by atoms with Crippen molar-refractivity contribution in [1.29, 1.82) is 0 Å². The summed E-state index contributed by atoms with van der Waals surface area (Å²) in [6.45, 7) is 3.57. The van der Waals surface area contributed by atoms with E-state index in [1.807, 2.05) is 25.1 Å². The predicted octanol–water partition coefficient (Wildman–Crippen LogP) is 1.55. The van der Waals surface area contributed by atoms with Crippen LogP contribution in [0.15, 0.2) is 47.3 Å². The van der Waals surface area contributed by atoms with Crippen molar-refractivity contribution in [2.45, 2.75) is 13.5 Å². The van der Waals surface area contributed by atoms with E-state index in [9.17, 15) is 9.59 Å². The summed E-state index contributed by atoms with van der Waals surface area (Å²) < 4.78 is 5.17. The fraction of sp³-hybridized carbons (Fsp3) is 0.286. The Kier molecular flexibility index (Phi) is 6.98. The smallest absolute Gasteiger partial charge is 0.279 e. The van der Waals surface area contributed by atoms with Crippen molar-refractivity contribution in [2.24, 2.45) is 0 Å². The van der Waals surface area contributed by atoms with Crippen LogP contribution in [0.5, 0.6) is 0 Å². The number of ether oxygens (including phenoxy) is 1. The maximum atomic E-state index is 12.5. The van der Waals surface area contributed by atoms with Crippen molar-refractivity contribution < 1.29 is 14.4 Å². The van der Waals surface area contributed by atoms with Crippen molar-refractivity contribution in [3.8, 4) is 0 Å². The topological polar surface area (TPSA) is 88.5 Å². The SMILES string of the molecule is COCC[NH+](CC(=O)Nc1ccc(C)c(Cl)c1)Cc1nc2ccccc2c(=O)[nH]1. The largest absolute Gasteiger partial charge is 0.379 e. The van der Waals surface area contributed by atoms with Gasteiger partial charge in [-0.3, -0.25) is 9.59 Å². The molecule has 0 radical (unpaired) electrons. The van der Waals surface area contributed by atoms with E-state index in [1.54, 1.807) is 31.4 Å². The van der Waals surface area contributed by atoms with Gasteiger partial charge in [0.1, 0.15) is 13.1 Å². The number of rotatable bonds is 8. The zero-order valence-electron chi connectivity index (χ0n) is 16.4. The maximum absolute atomic E-state index is 12.5. The summed E-state index contributed by atoms with van der Waals surface area (Å²) in [6, 6.07) is 12.6. The van der Waals surface area contributed by atoms with Crippen LogP contribution in [0.3, 0.4) is 0 Å². The number of anilines is 1. The first-order chi connectivity index (χ1) is 14.0. The van der Waals surface area contributed by atoms with Crippen LogP contribution in [0.2, 0.25) is 5.02 Å². The van der Waals surface area contributed by atoms with Gasteiger partial charge in [0, 0.05) is 17.8 Å². The molecule has 3 N–H and O–H groups in total. The number of aromatic nitrogens is 2. The number of halogens is 1. The molecule has 29 heavy (non-hydrogen) atoms. The summed E-state index contributed by atoms with van der Waals surface area (Å²) in [5.41, 5.74) is 2.05. The quantitative estimate of drug-likeness (QED) is 0.521. The maximum Gasteiger partial charge on any atom is 0.279 e. The summed E-state index contributed by atoms with van der Waals surface area (Å²) in [6.07, 6.45) is 0. The van der Waals surface area contributed by atoms with Gasteiger partial charge in [-0.2, -0.15) is 0 Å². The van der Waals surface area contributed by atoms with Gasteiger partial charge in [0.2, 0.25) is 0 Å². The molecule has 1 amide bonds. The number of quaternary nitrogens is 1. The van der Waals surface area contributed by atoms with Crippen LogP contribution >= 0.6 is 11.6 Å². The highest BCUT2D eigenvalue weighted by atomic mass is 35.5. The van der Waals surface area contributed by atoms with Gasteiger partial charge >= 0.3 is 0 Å². The Labute approximate surface area is 173 Å². The van der Waals surface area contributed by atoms with Gasteiger partial charge < -0.3 is 19.9 Å². The fourth-order valence-corrected chi connectivity index (χ4v) is 3.22. The van der Waals surface area contributed by atoms with E-state index in [-0.39, 0.29) is 18.0 Å². The molecule has 0 aliphatic heterocycles. The number of carbonyl (C=O) groups excluding carboxylic acids is 1. The third-order valence-corrected chi connectivity index (χ3v) is 5.01. The first kappa shape index (κ1) is 21.0. The van der Waals surface area contributed by atoms with Crippen LogP contribution in [-0.4, -0.2) is 42.7 Å². The summed E-state index contributed by atoms with van der Waals surface area (Å²) in [7, 11) is 1.61. The highest BCUT2D eigenvalue weighted by Gasteiger charge is 2.17. The second-order valence-corrected chi connectivity index (χ2v) is 7.30. The molecule has 7 nitrogen and oxygen atoms in total. The van der Waals surface area contributed by atoms with Crippen molar-refractivity contribution >= 4 is 34.1 Å². The number of aromatic amines is 1. The van der Waals surface area contributed by atoms with Gasteiger partial charge in [0.15, 0.2) is 12.4 Å². The Morgan fingerprint density at radius 3 is 2.83 bits per heavy atom. The molecule has 152 valence electrons. The summed E-state index contributed by atoms with van der Waals surface area (Å²) in [5.74, 6) is 0.380. The van der Waals surface area contributed by atoms with Gasteiger partial charge in [-0.05, 0) is 36.8 Å².